The molecule has 0 fully saturated rings. The summed E-state index contributed by atoms with van der Waals surface area (Å²) in [5.74, 6) is 6.26. The maximum atomic E-state index is 5.89. The van der Waals surface area contributed by atoms with E-state index >= 15 is 0 Å². The summed E-state index contributed by atoms with van der Waals surface area (Å²) < 4.78 is 5.66. The van der Waals surface area contributed by atoms with Crippen LogP contribution < -0.4 is 16.0 Å². The topological polar surface area (TPSA) is 47.3 Å². The summed E-state index contributed by atoms with van der Waals surface area (Å²) in [5, 5.41) is 1.33. The van der Waals surface area contributed by atoms with Crippen molar-refractivity contribution in [1.82, 2.24) is 5.43 Å². The van der Waals surface area contributed by atoms with Gasteiger partial charge in [0.25, 0.3) is 0 Å². The van der Waals surface area contributed by atoms with Gasteiger partial charge in [0, 0.05) is 10.0 Å². The Bertz CT molecular complexity index is 531. The molecule has 0 aliphatic carbocycles. The van der Waals surface area contributed by atoms with Crippen LogP contribution >= 0.6 is 23.2 Å². The van der Waals surface area contributed by atoms with Crippen LogP contribution in [0.15, 0.2) is 48.5 Å². The molecule has 2 aromatic rings. The smallest absolute Gasteiger partial charge is 0.120 e. The number of hydrogen-bond donors (Lipinski definition) is 2. The van der Waals surface area contributed by atoms with Gasteiger partial charge in [0.05, 0.1) is 6.04 Å². The Labute approximate surface area is 122 Å². The van der Waals surface area contributed by atoms with Crippen molar-refractivity contribution in [3.8, 4) is 5.75 Å². The first kappa shape index (κ1) is 14.2. The molecule has 0 aliphatic heterocycles. The van der Waals surface area contributed by atoms with Crippen molar-refractivity contribution in [2.75, 3.05) is 6.61 Å². The molecule has 0 aromatic heterocycles. The summed E-state index contributed by atoms with van der Waals surface area (Å²) in [6, 6.07) is 14.6. The predicted octanol–water partition coefficient (Wildman–Crippen LogP) is 3.58. The summed E-state index contributed by atoms with van der Waals surface area (Å²) in [6.07, 6.45) is 0. The fourth-order valence-corrected chi connectivity index (χ4v) is 1.98. The van der Waals surface area contributed by atoms with E-state index in [0.29, 0.717) is 22.4 Å². The van der Waals surface area contributed by atoms with Gasteiger partial charge in [-0.15, -0.1) is 0 Å². The minimum Gasteiger partial charge on any atom is -0.492 e. The van der Waals surface area contributed by atoms with Crippen LogP contribution in [0.4, 0.5) is 0 Å². The number of hydrogen-bond acceptors (Lipinski definition) is 3. The van der Waals surface area contributed by atoms with Crippen LogP contribution in [0, 0.1) is 0 Å². The molecule has 0 radical (unpaired) electrons. The molecule has 0 saturated carbocycles. The van der Waals surface area contributed by atoms with Crippen molar-refractivity contribution >= 4 is 23.2 Å². The fourth-order valence-electron chi connectivity index (χ4n) is 1.67. The van der Waals surface area contributed by atoms with Gasteiger partial charge in [0.1, 0.15) is 12.4 Å². The van der Waals surface area contributed by atoms with E-state index in [4.69, 9.17) is 33.8 Å². The molecule has 0 bridgehead atoms. The quantitative estimate of drug-likeness (QED) is 0.655. The second kappa shape index (κ2) is 6.78. The van der Waals surface area contributed by atoms with Crippen molar-refractivity contribution in [3.63, 3.8) is 0 Å². The second-order valence-electron chi connectivity index (χ2n) is 4.04. The van der Waals surface area contributed by atoms with E-state index in [-0.39, 0.29) is 6.04 Å². The lowest BCUT2D eigenvalue weighted by Crippen LogP contribution is -2.32. The molecular weight excluding hydrogens is 283 g/mol. The molecule has 0 heterocycles. The molecule has 1 unspecified atom stereocenters. The van der Waals surface area contributed by atoms with Crippen molar-refractivity contribution in [2.45, 2.75) is 6.04 Å². The van der Waals surface area contributed by atoms with Gasteiger partial charge >= 0.3 is 0 Å². The van der Waals surface area contributed by atoms with Gasteiger partial charge in [-0.05, 0) is 35.9 Å². The highest BCUT2D eigenvalue weighted by atomic mass is 35.5. The number of nitrogens with one attached hydrogen (secondary N) is 1. The standard InChI is InChI=1S/C14H14Cl2N2O/c15-11-6-4-10(5-7-11)14(18-17)9-19-13-3-1-2-12(16)8-13/h1-8,14,18H,9,17H2. The van der Waals surface area contributed by atoms with Gasteiger partial charge in [-0.25, -0.2) is 5.43 Å². The minimum absolute atomic E-state index is 0.115. The SMILES string of the molecule is NNC(COc1cccc(Cl)c1)c1ccc(Cl)cc1. The first-order valence-corrected chi connectivity index (χ1v) is 6.54. The van der Waals surface area contributed by atoms with Gasteiger partial charge in [-0.2, -0.15) is 0 Å². The molecule has 3 N–H and O–H groups in total. The van der Waals surface area contributed by atoms with Gasteiger partial charge < -0.3 is 4.74 Å². The third kappa shape index (κ3) is 4.11. The van der Waals surface area contributed by atoms with Crippen molar-refractivity contribution in [1.29, 1.82) is 0 Å². The molecule has 1 atom stereocenters. The average Bonchev–Trinajstić information content (AvgIpc) is 2.41. The van der Waals surface area contributed by atoms with Crippen LogP contribution in [0.5, 0.6) is 5.75 Å². The van der Waals surface area contributed by atoms with Crippen molar-refractivity contribution < 1.29 is 4.74 Å². The van der Waals surface area contributed by atoms with Gasteiger partial charge in [0.2, 0.25) is 0 Å². The zero-order chi connectivity index (χ0) is 13.7. The Balaban J connectivity index is 2.01. The molecule has 2 aromatic carbocycles. The minimum atomic E-state index is -0.115. The Hall–Kier alpha value is -1.26. The highest BCUT2D eigenvalue weighted by Crippen LogP contribution is 2.20. The summed E-state index contributed by atoms with van der Waals surface area (Å²) in [7, 11) is 0. The van der Waals surface area contributed by atoms with E-state index in [1.165, 1.54) is 0 Å². The molecular formula is C14H14Cl2N2O. The zero-order valence-electron chi connectivity index (χ0n) is 10.1. The van der Waals surface area contributed by atoms with E-state index in [1.807, 2.05) is 36.4 Å². The lowest BCUT2D eigenvalue weighted by Gasteiger charge is -2.17. The van der Waals surface area contributed by atoms with Crippen LogP contribution in [0.25, 0.3) is 0 Å². The molecule has 2 rings (SSSR count). The largest absolute Gasteiger partial charge is 0.492 e. The van der Waals surface area contributed by atoms with Crippen molar-refractivity contribution in [2.24, 2.45) is 5.84 Å². The molecule has 0 amide bonds. The van der Waals surface area contributed by atoms with Gasteiger partial charge in [0.15, 0.2) is 0 Å². The van der Waals surface area contributed by atoms with Gasteiger partial charge in [-0.1, -0.05) is 41.4 Å². The normalized spacial score (nSPS) is 12.2. The number of hydrazine groups is 1. The molecule has 3 nitrogen and oxygen atoms in total. The monoisotopic (exact) mass is 296 g/mol. The lowest BCUT2D eigenvalue weighted by molar-refractivity contribution is 0.267. The second-order valence-corrected chi connectivity index (χ2v) is 4.91. The Morgan fingerprint density at radius 3 is 2.42 bits per heavy atom. The predicted molar refractivity (Wildman–Crippen MR) is 78.5 cm³/mol. The third-order valence-electron chi connectivity index (χ3n) is 2.69. The van der Waals surface area contributed by atoms with Crippen LogP contribution in [-0.2, 0) is 0 Å². The first-order chi connectivity index (χ1) is 9.19. The average molecular weight is 297 g/mol. The van der Waals surface area contributed by atoms with Gasteiger partial charge in [-0.3, -0.25) is 5.84 Å². The molecule has 19 heavy (non-hydrogen) atoms. The maximum absolute atomic E-state index is 5.89. The molecule has 0 spiro atoms. The highest BCUT2D eigenvalue weighted by Gasteiger charge is 2.10. The number of halogens is 2. The number of rotatable bonds is 5. The van der Waals surface area contributed by atoms with E-state index in [0.717, 1.165) is 5.56 Å². The Kier molecular flexibility index (Phi) is 5.05. The van der Waals surface area contributed by atoms with Crippen LogP contribution in [-0.4, -0.2) is 6.61 Å². The van der Waals surface area contributed by atoms with Crippen LogP contribution in [0.1, 0.15) is 11.6 Å². The van der Waals surface area contributed by atoms with E-state index in [9.17, 15) is 0 Å². The summed E-state index contributed by atoms with van der Waals surface area (Å²) in [6.45, 7) is 0.401. The van der Waals surface area contributed by atoms with E-state index in [1.54, 1.807) is 12.1 Å². The first-order valence-electron chi connectivity index (χ1n) is 5.79. The Morgan fingerprint density at radius 2 is 1.79 bits per heavy atom. The van der Waals surface area contributed by atoms with E-state index in [2.05, 4.69) is 5.43 Å². The third-order valence-corrected chi connectivity index (χ3v) is 3.17. The maximum Gasteiger partial charge on any atom is 0.120 e. The molecule has 0 aliphatic rings. The number of ether oxygens (including phenoxy) is 1. The zero-order valence-corrected chi connectivity index (χ0v) is 11.7. The number of nitrogens with two attached hydrogens (primary N) is 1. The summed E-state index contributed by atoms with van der Waals surface area (Å²) >= 11 is 11.7. The Morgan fingerprint density at radius 1 is 1.05 bits per heavy atom. The van der Waals surface area contributed by atoms with Crippen LogP contribution in [0.3, 0.4) is 0 Å². The highest BCUT2D eigenvalue weighted by molar-refractivity contribution is 6.30. The number of benzene rings is 2. The molecule has 5 heteroatoms. The molecule has 100 valence electrons. The van der Waals surface area contributed by atoms with E-state index < -0.39 is 0 Å². The lowest BCUT2D eigenvalue weighted by atomic mass is 10.1. The molecule has 0 saturated heterocycles. The van der Waals surface area contributed by atoms with Crippen molar-refractivity contribution in [3.05, 3.63) is 64.1 Å². The summed E-state index contributed by atoms with van der Waals surface area (Å²) in [5.41, 5.74) is 3.73. The fraction of sp³-hybridized carbons (Fsp3) is 0.143. The summed E-state index contributed by atoms with van der Waals surface area (Å²) in [4.78, 5) is 0. The van der Waals surface area contributed by atoms with Crippen LogP contribution in [0.2, 0.25) is 10.0 Å².